The predicted octanol–water partition coefficient (Wildman–Crippen LogP) is 5.89. The first kappa shape index (κ1) is 23.4. The monoisotopic (exact) mass is 500 g/mol. The standard InChI is InChI=1S/C32H20O6/c1-17-28(33)23-13-9-19(15-25(23)29(17)34)30(35)20-10-14-24-26(16-20)32(37)27(31(24)36)18-7-11-22(12-8-18)38-21-5-3-2-4-6-21/h2-17,27H,1H3. The first-order valence-corrected chi connectivity index (χ1v) is 12.2. The zero-order valence-electron chi connectivity index (χ0n) is 20.3. The molecule has 2 unspecified atom stereocenters. The lowest BCUT2D eigenvalue weighted by Gasteiger charge is -2.09. The van der Waals surface area contributed by atoms with Crippen molar-refractivity contribution in [3.05, 3.63) is 130 Å². The molecule has 0 spiro atoms. The normalized spacial score (nSPS) is 17.9. The Morgan fingerprint density at radius 1 is 0.579 bits per heavy atom. The Balaban J connectivity index is 1.26. The molecule has 2 aliphatic carbocycles. The summed E-state index contributed by atoms with van der Waals surface area (Å²) < 4.78 is 5.79. The van der Waals surface area contributed by atoms with Gasteiger partial charge in [0.25, 0.3) is 0 Å². The molecule has 4 aromatic rings. The number of benzene rings is 4. The van der Waals surface area contributed by atoms with E-state index in [0.717, 1.165) is 0 Å². The number of carbonyl (C=O) groups excluding carboxylic acids is 5. The number of carbonyl (C=O) groups is 5. The van der Waals surface area contributed by atoms with Gasteiger partial charge in [0.1, 0.15) is 17.4 Å². The summed E-state index contributed by atoms with van der Waals surface area (Å²) in [6, 6.07) is 25.0. The number of ether oxygens (including phenoxy) is 1. The molecule has 2 atom stereocenters. The topological polar surface area (TPSA) is 94.6 Å². The molecule has 6 heteroatoms. The fraction of sp³-hybridized carbons (Fsp3) is 0.0938. The van der Waals surface area contributed by atoms with E-state index in [1.54, 1.807) is 31.2 Å². The first-order valence-electron chi connectivity index (χ1n) is 12.2. The molecule has 184 valence electrons. The van der Waals surface area contributed by atoms with Crippen LogP contribution in [-0.2, 0) is 0 Å². The Kier molecular flexibility index (Phi) is 5.46. The molecule has 6 rings (SSSR count). The minimum atomic E-state index is -0.994. The summed E-state index contributed by atoms with van der Waals surface area (Å²) in [7, 11) is 0. The van der Waals surface area contributed by atoms with Crippen LogP contribution in [0.3, 0.4) is 0 Å². The summed E-state index contributed by atoms with van der Waals surface area (Å²) >= 11 is 0. The largest absolute Gasteiger partial charge is 0.457 e. The SMILES string of the molecule is CC1C(=O)c2ccc(C(=O)c3ccc4c(c3)C(=O)C(c3ccc(Oc5ccccc5)cc3)C4=O)cc2C1=O. The minimum absolute atomic E-state index is 0.191. The lowest BCUT2D eigenvalue weighted by Crippen LogP contribution is -2.12. The molecule has 6 nitrogen and oxygen atoms in total. The van der Waals surface area contributed by atoms with Crippen LogP contribution in [0.5, 0.6) is 11.5 Å². The van der Waals surface area contributed by atoms with Crippen LogP contribution in [0.4, 0.5) is 0 Å². The summed E-state index contributed by atoms with van der Waals surface area (Å²) in [6.07, 6.45) is 0. The molecule has 0 radical (unpaired) electrons. The highest BCUT2D eigenvalue weighted by Gasteiger charge is 2.40. The van der Waals surface area contributed by atoms with Gasteiger partial charge in [-0.2, -0.15) is 0 Å². The fourth-order valence-corrected chi connectivity index (χ4v) is 5.05. The van der Waals surface area contributed by atoms with E-state index in [-0.39, 0.29) is 51.0 Å². The van der Waals surface area contributed by atoms with Crippen LogP contribution >= 0.6 is 0 Å². The maximum Gasteiger partial charge on any atom is 0.193 e. The van der Waals surface area contributed by atoms with Crippen molar-refractivity contribution in [3.8, 4) is 11.5 Å². The third-order valence-corrected chi connectivity index (χ3v) is 7.13. The van der Waals surface area contributed by atoms with E-state index in [1.807, 2.05) is 30.3 Å². The molecule has 0 N–H and O–H groups in total. The third kappa shape index (κ3) is 3.69. The lowest BCUT2D eigenvalue weighted by atomic mass is 9.94. The third-order valence-electron chi connectivity index (χ3n) is 7.13. The molecule has 0 fully saturated rings. The summed E-state index contributed by atoms with van der Waals surface area (Å²) in [6.45, 7) is 1.55. The number of ketones is 5. The molecule has 4 aromatic carbocycles. The zero-order valence-corrected chi connectivity index (χ0v) is 20.3. The molecule has 0 saturated carbocycles. The minimum Gasteiger partial charge on any atom is -0.457 e. The summed E-state index contributed by atoms with van der Waals surface area (Å²) in [4.78, 5) is 64.3. The molecular formula is C32H20O6. The molecular weight excluding hydrogens is 480 g/mol. The maximum absolute atomic E-state index is 13.3. The number of hydrogen-bond donors (Lipinski definition) is 0. The molecule has 0 aromatic heterocycles. The van der Waals surface area contributed by atoms with Gasteiger partial charge in [-0.3, -0.25) is 24.0 Å². The van der Waals surface area contributed by atoms with E-state index in [4.69, 9.17) is 4.74 Å². The highest BCUT2D eigenvalue weighted by Crippen LogP contribution is 2.36. The molecule has 2 aliphatic rings. The van der Waals surface area contributed by atoms with Crippen LogP contribution in [0, 0.1) is 5.92 Å². The quantitative estimate of drug-likeness (QED) is 0.251. The van der Waals surface area contributed by atoms with Gasteiger partial charge in [0.05, 0.1) is 5.92 Å². The molecule has 0 amide bonds. The van der Waals surface area contributed by atoms with Crippen molar-refractivity contribution in [2.24, 2.45) is 5.92 Å². The smallest absolute Gasteiger partial charge is 0.193 e. The van der Waals surface area contributed by atoms with Gasteiger partial charge in [-0.1, -0.05) is 42.5 Å². The van der Waals surface area contributed by atoms with Gasteiger partial charge in [-0.05, 0) is 61.0 Å². The Hall–Kier alpha value is -4.97. The van der Waals surface area contributed by atoms with Crippen LogP contribution < -0.4 is 4.74 Å². The first-order chi connectivity index (χ1) is 18.3. The average Bonchev–Trinajstić information content (AvgIpc) is 3.32. The van der Waals surface area contributed by atoms with Crippen LogP contribution in [0.2, 0.25) is 0 Å². The summed E-state index contributed by atoms with van der Waals surface area (Å²) in [5, 5.41) is 0. The highest BCUT2D eigenvalue weighted by molar-refractivity contribution is 6.30. The maximum atomic E-state index is 13.3. The van der Waals surface area contributed by atoms with Crippen molar-refractivity contribution in [1.82, 2.24) is 0 Å². The number of rotatable bonds is 5. The van der Waals surface area contributed by atoms with E-state index >= 15 is 0 Å². The zero-order chi connectivity index (χ0) is 26.6. The Labute approximate surface area is 217 Å². The second-order valence-electron chi connectivity index (χ2n) is 9.45. The number of para-hydroxylation sites is 1. The van der Waals surface area contributed by atoms with E-state index in [0.29, 0.717) is 22.6 Å². The van der Waals surface area contributed by atoms with E-state index in [2.05, 4.69) is 0 Å². The van der Waals surface area contributed by atoms with Crippen molar-refractivity contribution in [3.63, 3.8) is 0 Å². The van der Waals surface area contributed by atoms with Crippen LogP contribution in [0.1, 0.15) is 75.8 Å². The van der Waals surface area contributed by atoms with E-state index in [9.17, 15) is 24.0 Å². The Bertz CT molecular complexity index is 1680. The van der Waals surface area contributed by atoms with Gasteiger partial charge in [-0.25, -0.2) is 0 Å². The predicted molar refractivity (Wildman–Crippen MR) is 139 cm³/mol. The highest BCUT2D eigenvalue weighted by atomic mass is 16.5. The molecule has 0 heterocycles. The number of hydrogen-bond acceptors (Lipinski definition) is 6. The Morgan fingerprint density at radius 3 is 1.71 bits per heavy atom. The van der Waals surface area contributed by atoms with Crippen molar-refractivity contribution in [1.29, 1.82) is 0 Å². The van der Waals surface area contributed by atoms with Crippen molar-refractivity contribution in [2.45, 2.75) is 12.8 Å². The molecule has 0 aliphatic heterocycles. The average molecular weight is 501 g/mol. The molecule has 38 heavy (non-hydrogen) atoms. The van der Waals surface area contributed by atoms with Crippen LogP contribution in [0.15, 0.2) is 91.0 Å². The van der Waals surface area contributed by atoms with E-state index in [1.165, 1.54) is 36.4 Å². The lowest BCUT2D eigenvalue weighted by molar-refractivity contribution is 0.0846. The van der Waals surface area contributed by atoms with Gasteiger partial charge in [0.15, 0.2) is 28.9 Å². The second-order valence-corrected chi connectivity index (χ2v) is 9.45. The summed E-state index contributed by atoms with van der Waals surface area (Å²) in [5.74, 6) is -2.16. The molecule has 0 bridgehead atoms. The van der Waals surface area contributed by atoms with Crippen molar-refractivity contribution < 1.29 is 28.7 Å². The van der Waals surface area contributed by atoms with Gasteiger partial charge in [-0.15, -0.1) is 0 Å². The van der Waals surface area contributed by atoms with E-state index < -0.39 is 17.6 Å². The van der Waals surface area contributed by atoms with Gasteiger partial charge >= 0.3 is 0 Å². The summed E-state index contributed by atoms with van der Waals surface area (Å²) in [5.41, 5.74) is 2.02. The van der Waals surface area contributed by atoms with Gasteiger partial charge < -0.3 is 4.74 Å². The van der Waals surface area contributed by atoms with Crippen molar-refractivity contribution in [2.75, 3.05) is 0 Å². The second kappa shape index (κ2) is 8.85. The van der Waals surface area contributed by atoms with Crippen molar-refractivity contribution >= 4 is 28.9 Å². The molecule has 0 saturated heterocycles. The number of Topliss-reactive ketones (excluding diaryl/α,β-unsaturated/α-hetero) is 4. The fourth-order valence-electron chi connectivity index (χ4n) is 5.05. The van der Waals surface area contributed by atoms with Crippen LogP contribution in [-0.4, -0.2) is 28.9 Å². The number of fused-ring (bicyclic) bond motifs is 2. The van der Waals surface area contributed by atoms with Gasteiger partial charge in [0, 0.05) is 33.4 Å². The Morgan fingerprint density at radius 2 is 1.08 bits per heavy atom. The van der Waals surface area contributed by atoms with Gasteiger partial charge in [0.2, 0.25) is 0 Å². The van der Waals surface area contributed by atoms with Crippen LogP contribution in [0.25, 0.3) is 0 Å².